The zero-order valence-electron chi connectivity index (χ0n) is 9.56. The molecule has 1 N–H and O–H groups in total. The minimum Gasteiger partial charge on any atom is -0.380 e. The third kappa shape index (κ3) is 2.62. The summed E-state index contributed by atoms with van der Waals surface area (Å²) >= 11 is 0. The second-order valence-corrected chi connectivity index (χ2v) is 4.45. The van der Waals surface area contributed by atoms with Crippen LogP contribution < -0.4 is 5.32 Å². The first-order valence-electron chi connectivity index (χ1n) is 5.54. The molecule has 0 atom stereocenters. The fourth-order valence-electron chi connectivity index (χ4n) is 1.97. The Morgan fingerprint density at radius 3 is 2.32 bits per heavy atom. The van der Waals surface area contributed by atoms with Crippen LogP contribution >= 0.6 is 0 Å². The van der Waals surface area contributed by atoms with Crippen LogP contribution in [0.1, 0.15) is 18.4 Å². The van der Waals surface area contributed by atoms with Gasteiger partial charge in [0.25, 0.3) is 0 Å². The highest BCUT2D eigenvalue weighted by atomic mass is 19.4. The topological polar surface area (TPSA) is 35.8 Å². The maximum Gasteiger partial charge on any atom is 0.391 e. The Kier molecular flexibility index (Phi) is 3.35. The van der Waals surface area contributed by atoms with Gasteiger partial charge in [0.05, 0.1) is 17.2 Å². The minimum absolute atomic E-state index is 0.162. The van der Waals surface area contributed by atoms with Gasteiger partial charge in [0, 0.05) is 6.04 Å². The zero-order chi connectivity index (χ0) is 14.2. The fraction of sp³-hybridized carbons (Fsp3) is 0.417. The average molecular weight is 276 g/mol. The van der Waals surface area contributed by atoms with Crippen molar-refractivity contribution in [2.75, 3.05) is 5.32 Å². The first-order chi connectivity index (χ1) is 8.82. The van der Waals surface area contributed by atoms with E-state index in [1.807, 2.05) is 0 Å². The smallest absolute Gasteiger partial charge is 0.380 e. The molecule has 0 aromatic heterocycles. The summed E-state index contributed by atoms with van der Waals surface area (Å²) in [5.41, 5.74) is -0.660. The highest BCUT2D eigenvalue weighted by Gasteiger charge is 2.47. The molecular formula is C12H9F5N2. The van der Waals surface area contributed by atoms with Gasteiger partial charge >= 0.3 is 6.18 Å². The molecule has 1 aliphatic carbocycles. The number of nitrogens with one attached hydrogen (secondary N) is 1. The number of benzene rings is 1. The highest BCUT2D eigenvalue weighted by Crippen LogP contribution is 2.42. The average Bonchev–Trinajstić information content (AvgIpc) is 2.26. The minimum atomic E-state index is -4.24. The van der Waals surface area contributed by atoms with E-state index in [1.165, 1.54) is 6.07 Å². The lowest BCUT2D eigenvalue weighted by Crippen LogP contribution is -2.43. The molecule has 19 heavy (non-hydrogen) atoms. The van der Waals surface area contributed by atoms with Gasteiger partial charge in [-0.3, -0.25) is 0 Å². The summed E-state index contributed by atoms with van der Waals surface area (Å²) < 4.78 is 63.5. The summed E-state index contributed by atoms with van der Waals surface area (Å²) in [7, 11) is 0. The molecule has 1 saturated carbocycles. The Hall–Kier alpha value is -1.84. The van der Waals surface area contributed by atoms with Crippen LogP contribution in [0.5, 0.6) is 0 Å². The predicted molar refractivity (Wildman–Crippen MR) is 57.3 cm³/mol. The molecule has 0 heterocycles. The van der Waals surface area contributed by atoms with Gasteiger partial charge in [-0.25, -0.2) is 8.78 Å². The van der Waals surface area contributed by atoms with E-state index in [2.05, 4.69) is 5.32 Å². The number of rotatable bonds is 2. The molecule has 2 nitrogen and oxygen atoms in total. The number of halogens is 5. The van der Waals surface area contributed by atoms with E-state index in [9.17, 15) is 22.0 Å². The maximum atomic E-state index is 13.5. The van der Waals surface area contributed by atoms with Crippen LogP contribution in [0.2, 0.25) is 0 Å². The summed E-state index contributed by atoms with van der Waals surface area (Å²) in [6.45, 7) is 0. The van der Waals surface area contributed by atoms with Crippen LogP contribution in [0.25, 0.3) is 0 Å². The summed E-state index contributed by atoms with van der Waals surface area (Å²) in [6, 6.07) is 3.18. The number of alkyl halides is 3. The molecule has 7 heteroatoms. The van der Waals surface area contributed by atoms with Gasteiger partial charge in [-0.15, -0.1) is 0 Å². The van der Waals surface area contributed by atoms with Crippen LogP contribution in [0.3, 0.4) is 0 Å². The van der Waals surface area contributed by atoms with Gasteiger partial charge < -0.3 is 5.32 Å². The van der Waals surface area contributed by atoms with Crippen LogP contribution in [0.15, 0.2) is 12.1 Å². The maximum absolute atomic E-state index is 13.5. The van der Waals surface area contributed by atoms with Crippen LogP contribution in [-0.4, -0.2) is 12.2 Å². The lowest BCUT2D eigenvalue weighted by atomic mass is 9.79. The summed E-state index contributed by atoms with van der Waals surface area (Å²) in [6.07, 6.45) is -4.57. The zero-order valence-corrected chi connectivity index (χ0v) is 9.56. The Morgan fingerprint density at radius 1 is 1.16 bits per heavy atom. The van der Waals surface area contributed by atoms with E-state index in [-0.39, 0.29) is 18.5 Å². The van der Waals surface area contributed by atoms with Gasteiger partial charge in [0.1, 0.15) is 6.07 Å². The molecule has 2 rings (SSSR count). The first-order valence-corrected chi connectivity index (χ1v) is 5.54. The standard InChI is InChI=1S/C12H9F5N2/c13-10-6(5-18)1-2-9(11(10)14)19-8-3-7(4-8)12(15,16)17/h1-2,7-8,19H,3-4H2/t7-,8+. The Morgan fingerprint density at radius 2 is 1.79 bits per heavy atom. The van der Waals surface area contributed by atoms with E-state index in [0.717, 1.165) is 12.1 Å². The van der Waals surface area contributed by atoms with Gasteiger partial charge in [-0.05, 0) is 25.0 Å². The molecule has 1 aromatic carbocycles. The highest BCUT2D eigenvalue weighted by molar-refractivity contribution is 5.50. The van der Waals surface area contributed by atoms with E-state index in [4.69, 9.17) is 5.26 Å². The largest absolute Gasteiger partial charge is 0.391 e. The molecule has 0 unspecified atom stereocenters. The van der Waals surface area contributed by atoms with Crippen molar-refractivity contribution in [1.82, 2.24) is 0 Å². The Balaban J connectivity index is 2.03. The van der Waals surface area contributed by atoms with E-state index in [0.29, 0.717) is 0 Å². The molecule has 1 aliphatic rings. The lowest BCUT2D eigenvalue weighted by molar-refractivity contribution is -0.195. The second-order valence-electron chi connectivity index (χ2n) is 4.45. The van der Waals surface area contributed by atoms with Gasteiger partial charge in [0.15, 0.2) is 11.6 Å². The van der Waals surface area contributed by atoms with Gasteiger partial charge in [0.2, 0.25) is 0 Å². The van der Waals surface area contributed by atoms with Crippen molar-refractivity contribution in [2.45, 2.75) is 25.1 Å². The molecule has 0 saturated heterocycles. The quantitative estimate of drug-likeness (QED) is 0.838. The second kappa shape index (κ2) is 4.68. The number of nitrogens with zero attached hydrogens (tertiary/aromatic N) is 1. The molecule has 0 radical (unpaired) electrons. The third-order valence-corrected chi connectivity index (χ3v) is 3.16. The first kappa shape index (κ1) is 13.6. The molecule has 0 spiro atoms. The summed E-state index contributed by atoms with van der Waals surface area (Å²) in [4.78, 5) is 0. The number of hydrogen-bond donors (Lipinski definition) is 1. The van der Waals surface area contributed by atoms with Gasteiger partial charge in [-0.1, -0.05) is 0 Å². The lowest BCUT2D eigenvalue weighted by Gasteiger charge is -2.37. The van der Waals surface area contributed by atoms with Crippen molar-refractivity contribution in [3.05, 3.63) is 29.3 Å². The normalized spacial score (nSPS) is 22.5. The number of hydrogen-bond acceptors (Lipinski definition) is 2. The van der Waals surface area contributed by atoms with Crippen molar-refractivity contribution >= 4 is 5.69 Å². The van der Waals surface area contributed by atoms with Crippen molar-refractivity contribution in [3.8, 4) is 6.07 Å². The van der Waals surface area contributed by atoms with E-state index >= 15 is 0 Å². The SMILES string of the molecule is N#Cc1ccc(N[C@H]2C[C@@H](C(F)(F)F)C2)c(F)c1F. The number of nitriles is 1. The summed E-state index contributed by atoms with van der Waals surface area (Å²) in [5, 5.41) is 11.0. The molecule has 0 amide bonds. The Bertz CT molecular complexity index is 526. The van der Waals surface area contributed by atoms with Crippen molar-refractivity contribution in [1.29, 1.82) is 5.26 Å². The van der Waals surface area contributed by atoms with Crippen molar-refractivity contribution in [2.24, 2.45) is 5.92 Å². The molecule has 1 aromatic rings. The van der Waals surface area contributed by atoms with Crippen LogP contribution in [-0.2, 0) is 0 Å². The van der Waals surface area contributed by atoms with E-state index in [1.54, 1.807) is 0 Å². The van der Waals surface area contributed by atoms with Crippen molar-refractivity contribution in [3.63, 3.8) is 0 Å². The number of anilines is 1. The molecular weight excluding hydrogens is 267 g/mol. The Labute approximate surface area is 105 Å². The van der Waals surface area contributed by atoms with Crippen LogP contribution in [0.4, 0.5) is 27.6 Å². The van der Waals surface area contributed by atoms with E-state index < -0.39 is 35.3 Å². The summed E-state index contributed by atoms with van der Waals surface area (Å²) in [5.74, 6) is -3.93. The monoisotopic (exact) mass is 276 g/mol. The third-order valence-electron chi connectivity index (χ3n) is 3.16. The molecule has 0 aliphatic heterocycles. The predicted octanol–water partition coefficient (Wildman–Crippen LogP) is 3.59. The van der Waals surface area contributed by atoms with Crippen molar-refractivity contribution < 1.29 is 22.0 Å². The van der Waals surface area contributed by atoms with Crippen LogP contribution in [0, 0.1) is 28.9 Å². The molecule has 0 bridgehead atoms. The molecule has 1 fully saturated rings. The van der Waals surface area contributed by atoms with Gasteiger partial charge in [-0.2, -0.15) is 18.4 Å². The fourth-order valence-corrected chi connectivity index (χ4v) is 1.97. The molecule has 102 valence electrons.